The first-order valence-electron chi connectivity index (χ1n) is 5.49. The molecule has 1 aromatic carbocycles. The Labute approximate surface area is 92.6 Å². The van der Waals surface area contributed by atoms with Crippen molar-refractivity contribution < 1.29 is 4.74 Å². The van der Waals surface area contributed by atoms with Gasteiger partial charge in [-0.2, -0.15) is 0 Å². The van der Waals surface area contributed by atoms with Gasteiger partial charge in [0.1, 0.15) is 5.75 Å². The van der Waals surface area contributed by atoms with E-state index in [0.29, 0.717) is 12.0 Å². The Morgan fingerprint density at radius 3 is 2.20 bits per heavy atom. The van der Waals surface area contributed by atoms with Crippen LogP contribution >= 0.6 is 0 Å². The summed E-state index contributed by atoms with van der Waals surface area (Å²) < 4.78 is 5.11. The van der Waals surface area contributed by atoms with Gasteiger partial charge in [0.15, 0.2) is 0 Å². The van der Waals surface area contributed by atoms with Crippen molar-refractivity contribution in [1.82, 2.24) is 5.32 Å². The maximum atomic E-state index is 5.11. The quantitative estimate of drug-likeness (QED) is 0.801. The lowest BCUT2D eigenvalue weighted by atomic mass is 10.1. The van der Waals surface area contributed by atoms with E-state index in [9.17, 15) is 0 Å². The molecule has 0 aliphatic heterocycles. The van der Waals surface area contributed by atoms with Crippen LogP contribution in [0.15, 0.2) is 24.3 Å². The maximum Gasteiger partial charge on any atom is 0.118 e. The second kappa shape index (κ2) is 5.76. The van der Waals surface area contributed by atoms with Crippen LogP contribution in [0, 0.1) is 5.92 Å². The standard InChI is InChI=1S/C13H21NO/c1-10(2)11(3)14-9-12-5-7-13(15-4)8-6-12/h5-8,10-11,14H,9H2,1-4H3/t11-/m1/s1. The Hall–Kier alpha value is -1.02. The summed E-state index contributed by atoms with van der Waals surface area (Å²) in [5.41, 5.74) is 1.29. The predicted molar refractivity (Wildman–Crippen MR) is 64.1 cm³/mol. The van der Waals surface area contributed by atoms with Crippen LogP contribution in [0.1, 0.15) is 26.3 Å². The van der Waals surface area contributed by atoms with Crippen molar-refractivity contribution >= 4 is 0 Å². The number of methoxy groups -OCH3 is 1. The molecule has 0 aliphatic carbocycles. The zero-order valence-electron chi connectivity index (χ0n) is 10.1. The van der Waals surface area contributed by atoms with E-state index in [1.165, 1.54) is 5.56 Å². The van der Waals surface area contributed by atoms with Crippen LogP contribution in [0.4, 0.5) is 0 Å². The Morgan fingerprint density at radius 1 is 1.13 bits per heavy atom. The van der Waals surface area contributed by atoms with Crippen molar-refractivity contribution in [2.45, 2.75) is 33.4 Å². The van der Waals surface area contributed by atoms with Gasteiger partial charge in [0.05, 0.1) is 7.11 Å². The third-order valence-corrected chi connectivity index (χ3v) is 2.79. The van der Waals surface area contributed by atoms with E-state index in [2.05, 4.69) is 38.2 Å². The Bertz CT molecular complexity index is 279. The van der Waals surface area contributed by atoms with Crippen LogP contribution in [0.5, 0.6) is 5.75 Å². The van der Waals surface area contributed by atoms with Crippen molar-refractivity contribution in [3.8, 4) is 5.75 Å². The molecule has 0 unspecified atom stereocenters. The zero-order chi connectivity index (χ0) is 11.3. The first-order valence-corrected chi connectivity index (χ1v) is 5.49. The molecule has 2 nitrogen and oxygen atoms in total. The highest BCUT2D eigenvalue weighted by Crippen LogP contribution is 2.11. The first-order chi connectivity index (χ1) is 7.13. The molecule has 0 saturated carbocycles. The van der Waals surface area contributed by atoms with Crippen molar-refractivity contribution in [1.29, 1.82) is 0 Å². The average molecular weight is 207 g/mol. The van der Waals surface area contributed by atoms with Gasteiger partial charge in [-0.1, -0.05) is 26.0 Å². The van der Waals surface area contributed by atoms with E-state index in [1.54, 1.807) is 7.11 Å². The maximum absolute atomic E-state index is 5.11. The Kier molecular flexibility index (Phi) is 4.63. The summed E-state index contributed by atoms with van der Waals surface area (Å²) in [4.78, 5) is 0. The van der Waals surface area contributed by atoms with E-state index in [1.807, 2.05) is 12.1 Å². The molecule has 1 rings (SSSR count). The summed E-state index contributed by atoms with van der Waals surface area (Å²) in [6.45, 7) is 7.59. The molecule has 15 heavy (non-hydrogen) atoms. The molecule has 0 spiro atoms. The fourth-order valence-corrected chi connectivity index (χ4v) is 1.26. The number of nitrogens with one attached hydrogen (secondary N) is 1. The van der Waals surface area contributed by atoms with E-state index in [0.717, 1.165) is 12.3 Å². The average Bonchev–Trinajstić information content (AvgIpc) is 2.26. The molecule has 1 aromatic rings. The third kappa shape index (κ3) is 3.92. The largest absolute Gasteiger partial charge is 0.497 e. The molecular formula is C13H21NO. The lowest BCUT2D eigenvalue weighted by Gasteiger charge is -2.17. The summed E-state index contributed by atoms with van der Waals surface area (Å²) in [5, 5.41) is 3.49. The minimum Gasteiger partial charge on any atom is -0.497 e. The molecule has 0 fully saturated rings. The van der Waals surface area contributed by atoms with Crippen LogP contribution in [0.2, 0.25) is 0 Å². The van der Waals surface area contributed by atoms with Crippen LogP contribution in [-0.4, -0.2) is 13.2 Å². The van der Waals surface area contributed by atoms with E-state index >= 15 is 0 Å². The summed E-state index contributed by atoms with van der Waals surface area (Å²) in [6.07, 6.45) is 0. The number of benzene rings is 1. The Morgan fingerprint density at radius 2 is 1.73 bits per heavy atom. The number of rotatable bonds is 5. The second-order valence-corrected chi connectivity index (χ2v) is 4.26. The minimum absolute atomic E-state index is 0.548. The lowest BCUT2D eigenvalue weighted by molar-refractivity contribution is 0.413. The van der Waals surface area contributed by atoms with E-state index in [4.69, 9.17) is 4.74 Å². The lowest BCUT2D eigenvalue weighted by Crippen LogP contribution is -2.30. The van der Waals surface area contributed by atoms with Crippen LogP contribution in [0.3, 0.4) is 0 Å². The molecule has 0 radical (unpaired) electrons. The molecule has 0 amide bonds. The van der Waals surface area contributed by atoms with Crippen molar-refractivity contribution in [3.05, 3.63) is 29.8 Å². The van der Waals surface area contributed by atoms with Gasteiger partial charge in [0, 0.05) is 12.6 Å². The van der Waals surface area contributed by atoms with Gasteiger partial charge in [-0.15, -0.1) is 0 Å². The Balaban J connectivity index is 2.44. The minimum atomic E-state index is 0.548. The van der Waals surface area contributed by atoms with Gasteiger partial charge in [-0.05, 0) is 30.5 Å². The molecule has 0 heterocycles. The normalized spacial score (nSPS) is 12.9. The first kappa shape index (κ1) is 12.1. The molecule has 2 heteroatoms. The number of hydrogen-bond donors (Lipinski definition) is 1. The van der Waals surface area contributed by atoms with Gasteiger partial charge in [-0.25, -0.2) is 0 Å². The zero-order valence-corrected chi connectivity index (χ0v) is 10.1. The summed E-state index contributed by atoms with van der Waals surface area (Å²) in [6, 6.07) is 8.73. The van der Waals surface area contributed by atoms with Crippen molar-refractivity contribution in [2.24, 2.45) is 5.92 Å². The van der Waals surface area contributed by atoms with Crippen LogP contribution < -0.4 is 10.1 Å². The van der Waals surface area contributed by atoms with Crippen LogP contribution in [0.25, 0.3) is 0 Å². The fraction of sp³-hybridized carbons (Fsp3) is 0.538. The van der Waals surface area contributed by atoms with E-state index < -0.39 is 0 Å². The summed E-state index contributed by atoms with van der Waals surface area (Å²) >= 11 is 0. The highest BCUT2D eigenvalue weighted by Gasteiger charge is 2.05. The second-order valence-electron chi connectivity index (χ2n) is 4.26. The topological polar surface area (TPSA) is 21.3 Å². The molecular weight excluding hydrogens is 186 g/mol. The van der Waals surface area contributed by atoms with Crippen LogP contribution in [-0.2, 0) is 6.54 Å². The van der Waals surface area contributed by atoms with Gasteiger partial charge in [0.2, 0.25) is 0 Å². The summed E-state index contributed by atoms with van der Waals surface area (Å²) in [5.74, 6) is 1.58. The molecule has 0 bridgehead atoms. The molecule has 0 aromatic heterocycles. The van der Waals surface area contributed by atoms with Crippen molar-refractivity contribution in [2.75, 3.05) is 7.11 Å². The van der Waals surface area contributed by atoms with E-state index in [-0.39, 0.29) is 0 Å². The highest BCUT2D eigenvalue weighted by atomic mass is 16.5. The number of hydrogen-bond acceptors (Lipinski definition) is 2. The molecule has 84 valence electrons. The monoisotopic (exact) mass is 207 g/mol. The SMILES string of the molecule is COc1ccc(CN[C@H](C)C(C)C)cc1. The van der Waals surface area contributed by atoms with Crippen molar-refractivity contribution in [3.63, 3.8) is 0 Å². The molecule has 1 atom stereocenters. The smallest absolute Gasteiger partial charge is 0.118 e. The highest BCUT2D eigenvalue weighted by molar-refractivity contribution is 5.27. The number of ether oxygens (including phenoxy) is 1. The van der Waals surface area contributed by atoms with Gasteiger partial charge in [0.25, 0.3) is 0 Å². The summed E-state index contributed by atoms with van der Waals surface area (Å²) in [7, 11) is 1.69. The third-order valence-electron chi connectivity index (χ3n) is 2.79. The molecule has 0 saturated heterocycles. The molecule has 0 aliphatic rings. The van der Waals surface area contributed by atoms with Gasteiger partial charge in [-0.3, -0.25) is 0 Å². The fourth-order valence-electron chi connectivity index (χ4n) is 1.26. The molecule has 1 N–H and O–H groups in total. The van der Waals surface area contributed by atoms with Gasteiger partial charge >= 0.3 is 0 Å². The predicted octanol–water partition coefficient (Wildman–Crippen LogP) is 2.83. The van der Waals surface area contributed by atoms with Gasteiger partial charge < -0.3 is 10.1 Å².